The summed E-state index contributed by atoms with van der Waals surface area (Å²) in [5.74, 6) is -0.703. The molecule has 2 bridgehead atoms. The van der Waals surface area contributed by atoms with Crippen molar-refractivity contribution in [3.05, 3.63) is 0 Å². The van der Waals surface area contributed by atoms with Crippen molar-refractivity contribution in [2.24, 2.45) is 5.41 Å². The van der Waals surface area contributed by atoms with Crippen LogP contribution in [0.4, 0.5) is 0 Å². The SMILES string of the molecule is CC1(C)CC[C@H](O)[C@]2(C)O[C@@]3(C)CC[C@@]12OO3. The van der Waals surface area contributed by atoms with Gasteiger partial charge in [0.05, 0.1) is 6.10 Å². The summed E-state index contributed by atoms with van der Waals surface area (Å²) in [5, 5.41) is 10.4. The van der Waals surface area contributed by atoms with Crippen molar-refractivity contribution < 1.29 is 19.6 Å². The maximum Gasteiger partial charge on any atom is 0.199 e. The molecule has 4 nitrogen and oxygen atoms in total. The van der Waals surface area contributed by atoms with Gasteiger partial charge in [-0.2, -0.15) is 0 Å². The van der Waals surface area contributed by atoms with Gasteiger partial charge >= 0.3 is 0 Å². The third kappa shape index (κ3) is 1.22. The number of aliphatic hydroxyl groups is 1. The molecule has 4 atom stereocenters. The molecule has 1 aliphatic carbocycles. The first-order valence-electron chi connectivity index (χ1n) is 6.50. The lowest BCUT2D eigenvalue weighted by atomic mass is 9.54. The van der Waals surface area contributed by atoms with E-state index in [9.17, 15) is 5.11 Å². The van der Waals surface area contributed by atoms with E-state index >= 15 is 0 Å². The lowest BCUT2D eigenvalue weighted by molar-refractivity contribution is -0.593. The Labute approximate surface area is 102 Å². The van der Waals surface area contributed by atoms with E-state index in [1.807, 2.05) is 13.8 Å². The average molecular weight is 242 g/mol. The molecule has 0 aromatic heterocycles. The molecule has 3 saturated heterocycles. The van der Waals surface area contributed by atoms with Gasteiger partial charge < -0.3 is 9.84 Å². The summed E-state index contributed by atoms with van der Waals surface area (Å²) in [6, 6.07) is 0. The number of aliphatic hydroxyl groups excluding tert-OH is 1. The third-order valence-electron chi connectivity index (χ3n) is 5.29. The highest BCUT2D eigenvalue weighted by molar-refractivity contribution is 5.18. The average Bonchev–Trinajstić information content (AvgIpc) is 2.24. The fourth-order valence-corrected chi connectivity index (χ4v) is 4.01. The summed E-state index contributed by atoms with van der Waals surface area (Å²) in [5.41, 5.74) is -1.25. The molecule has 0 radical (unpaired) electrons. The first-order chi connectivity index (χ1) is 7.75. The molecule has 4 rings (SSSR count). The van der Waals surface area contributed by atoms with Gasteiger partial charge in [-0.15, -0.1) is 0 Å². The van der Waals surface area contributed by atoms with Crippen molar-refractivity contribution in [1.82, 2.24) is 0 Å². The molecule has 0 aromatic rings. The zero-order chi connectivity index (χ0) is 12.5. The number of fused-ring (bicyclic) bond motifs is 2. The lowest BCUT2D eigenvalue weighted by Crippen LogP contribution is -2.78. The van der Waals surface area contributed by atoms with Crippen LogP contribution in [0, 0.1) is 5.41 Å². The van der Waals surface area contributed by atoms with Gasteiger partial charge in [-0.3, -0.25) is 0 Å². The second kappa shape index (κ2) is 3.05. The van der Waals surface area contributed by atoms with E-state index in [2.05, 4.69) is 13.8 Å². The Kier molecular flexibility index (Phi) is 2.13. The van der Waals surface area contributed by atoms with E-state index in [1.165, 1.54) is 0 Å². The third-order valence-corrected chi connectivity index (χ3v) is 5.29. The van der Waals surface area contributed by atoms with Gasteiger partial charge in [0.2, 0.25) is 0 Å². The highest BCUT2D eigenvalue weighted by Crippen LogP contribution is 2.62. The summed E-state index contributed by atoms with van der Waals surface area (Å²) in [7, 11) is 0. The predicted octanol–water partition coefficient (Wildman–Crippen LogP) is 2.15. The summed E-state index contributed by atoms with van der Waals surface area (Å²) in [6.45, 7) is 8.21. The second-order valence-corrected chi connectivity index (χ2v) is 6.77. The number of hydrogen-bond acceptors (Lipinski definition) is 4. The molecule has 3 aliphatic heterocycles. The van der Waals surface area contributed by atoms with Crippen LogP contribution in [0.25, 0.3) is 0 Å². The normalized spacial score (nSPS) is 56.6. The molecule has 0 aromatic carbocycles. The molecule has 4 fully saturated rings. The van der Waals surface area contributed by atoms with Crippen LogP contribution in [0.5, 0.6) is 0 Å². The molecular formula is C13H22O4. The van der Waals surface area contributed by atoms with Crippen LogP contribution in [-0.4, -0.2) is 28.2 Å². The Hall–Kier alpha value is -0.160. The Morgan fingerprint density at radius 2 is 1.71 bits per heavy atom. The van der Waals surface area contributed by atoms with Crippen LogP contribution < -0.4 is 0 Å². The van der Waals surface area contributed by atoms with Crippen LogP contribution in [0.2, 0.25) is 0 Å². The highest BCUT2D eigenvalue weighted by Gasteiger charge is 2.73. The number of hydrogen-bond donors (Lipinski definition) is 1. The summed E-state index contributed by atoms with van der Waals surface area (Å²) in [6.07, 6.45) is 2.89. The molecule has 17 heavy (non-hydrogen) atoms. The van der Waals surface area contributed by atoms with E-state index in [1.54, 1.807) is 0 Å². The van der Waals surface area contributed by atoms with E-state index in [0.717, 1.165) is 25.7 Å². The van der Waals surface area contributed by atoms with E-state index in [4.69, 9.17) is 14.5 Å². The number of rotatable bonds is 0. The van der Waals surface area contributed by atoms with Crippen molar-refractivity contribution in [3.8, 4) is 0 Å². The van der Waals surface area contributed by atoms with Crippen LogP contribution in [0.15, 0.2) is 0 Å². The van der Waals surface area contributed by atoms with Gasteiger partial charge in [-0.25, -0.2) is 9.78 Å². The minimum atomic E-state index is -0.703. The van der Waals surface area contributed by atoms with Gasteiger partial charge in [0.15, 0.2) is 5.79 Å². The van der Waals surface area contributed by atoms with E-state index in [-0.39, 0.29) is 5.41 Å². The van der Waals surface area contributed by atoms with Gasteiger partial charge in [0, 0.05) is 11.8 Å². The molecule has 1 spiro atoms. The first-order valence-corrected chi connectivity index (χ1v) is 6.50. The maximum absolute atomic E-state index is 10.4. The molecule has 0 amide bonds. The van der Waals surface area contributed by atoms with E-state index in [0.29, 0.717) is 0 Å². The smallest absolute Gasteiger partial charge is 0.199 e. The summed E-state index contributed by atoms with van der Waals surface area (Å²) >= 11 is 0. The van der Waals surface area contributed by atoms with Crippen molar-refractivity contribution in [3.63, 3.8) is 0 Å². The molecular weight excluding hydrogens is 220 g/mol. The molecule has 3 heterocycles. The van der Waals surface area contributed by atoms with Crippen molar-refractivity contribution >= 4 is 0 Å². The van der Waals surface area contributed by atoms with Gasteiger partial charge in [-0.05, 0) is 33.1 Å². The molecule has 4 heteroatoms. The van der Waals surface area contributed by atoms with Gasteiger partial charge in [0.1, 0.15) is 11.2 Å². The van der Waals surface area contributed by atoms with Crippen LogP contribution in [-0.2, 0) is 14.5 Å². The Bertz CT molecular complexity index is 343. The Balaban J connectivity index is 2.11. The Morgan fingerprint density at radius 1 is 1.00 bits per heavy atom. The van der Waals surface area contributed by atoms with E-state index < -0.39 is 23.1 Å². The van der Waals surface area contributed by atoms with Gasteiger partial charge in [0.25, 0.3) is 0 Å². The fourth-order valence-electron chi connectivity index (χ4n) is 4.01. The summed E-state index contributed by atoms with van der Waals surface area (Å²) in [4.78, 5) is 11.2. The minimum Gasteiger partial charge on any atom is -0.390 e. The summed E-state index contributed by atoms with van der Waals surface area (Å²) < 4.78 is 6.11. The molecule has 1 saturated carbocycles. The Morgan fingerprint density at radius 3 is 2.29 bits per heavy atom. The monoisotopic (exact) mass is 242 g/mol. The van der Waals surface area contributed by atoms with Crippen LogP contribution >= 0.6 is 0 Å². The molecule has 98 valence electrons. The predicted molar refractivity (Wildman–Crippen MR) is 61.1 cm³/mol. The molecule has 4 aliphatic rings. The zero-order valence-corrected chi connectivity index (χ0v) is 11.1. The minimum absolute atomic E-state index is 0.0528. The fraction of sp³-hybridized carbons (Fsp3) is 1.00. The van der Waals surface area contributed by atoms with Crippen LogP contribution in [0.3, 0.4) is 0 Å². The zero-order valence-electron chi connectivity index (χ0n) is 11.1. The van der Waals surface area contributed by atoms with Crippen molar-refractivity contribution in [2.75, 3.05) is 0 Å². The molecule has 1 N–H and O–H groups in total. The maximum atomic E-state index is 10.4. The first kappa shape index (κ1) is 11.9. The topological polar surface area (TPSA) is 47.9 Å². The molecule has 0 unspecified atom stereocenters. The highest BCUT2D eigenvalue weighted by atomic mass is 17.3. The van der Waals surface area contributed by atoms with Crippen molar-refractivity contribution in [2.45, 2.75) is 76.5 Å². The van der Waals surface area contributed by atoms with Crippen LogP contribution in [0.1, 0.15) is 53.4 Å². The number of ether oxygens (including phenoxy) is 1. The second-order valence-electron chi connectivity index (χ2n) is 6.77. The lowest BCUT2D eigenvalue weighted by Gasteiger charge is -2.67. The quantitative estimate of drug-likeness (QED) is 0.661. The van der Waals surface area contributed by atoms with Crippen molar-refractivity contribution in [1.29, 1.82) is 0 Å². The standard InChI is InChI=1S/C13H22O4/c1-10(2)6-5-9(14)12(4)13(10)8-7-11(3,15-12)16-17-13/h9,14H,5-8H2,1-4H3/t9-,11+,12-,13+/m0/s1. The largest absolute Gasteiger partial charge is 0.390 e. The van der Waals surface area contributed by atoms with Gasteiger partial charge in [-0.1, -0.05) is 13.8 Å².